The molecule has 16 heavy (non-hydrogen) atoms. The van der Waals surface area contributed by atoms with Crippen molar-refractivity contribution in [3.63, 3.8) is 0 Å². The van der Waals surface area contributed by atoms with Crippen molar-refractivity contribution in [2.75, 3.05) is 13.2 Å². The van der Waals surface area contributed by atoms with Gasteiger partial charge in [-0.15, -0.1) is 13.2 Å². The Labute approximate surface area is 94.5 Å². The monoisotopic (exact) mass is 239 g/mol. The van der Waals surface area contributed by atoms with Gasteiger partial charge in [-0.1, -0.05) is 26.2 Å². The smallest absolute Gasteiger partial charge is 0.311 e. The van der Waals surface area contributed by atoms with Crippen LogP contribution in [0.3, 0.4) is 0 Å². The second kappa shape index (κ2) is 6.45. The van der Waals surface area contributed by atoms with Gasteiger partial charge in [-0.2, -0.15) is 0 Å². The second-order valence-corrected chi connectivity index (χ2v) is 4.31. The zero-order chi connectivity index (χ0) is 12.0. The molecule has 2 nitrogen and oxygen atoms in total. The van der Waals surface area contributed by atoms with E-state index in [1.807, 2.05) is 0 Å². The van der Waals surface area contributed by atoms with Crippen molar-refractivity contribution in [1.29, 1.82) is 0 Å². The van der Waals surface area contributed by atoms with Crippen LogP contribution >= 0.6 is 0 Å². The van der Waals surface area contributed by atoms with Gasteiger partial charge in [0.15, 0.2) is 0 Å². The number of hydrogen-bond acceptors (Lipinski definition) is 2. The molecule has 1 rings (SSSR count). The number of ether oxygens (including phenoxy) is 1. The summed E-state index contributed by atoms with van der Waals surface area (Å²) in [5.41, 5.74) is 0. The number of rotatable bonds is 5. The molecule has 0 aromatic heterocycles. The van der Waals surface area contributed by atoms with Gasteiger partial charge in [0.25, 0.3) is 0 Å². The van der Waals surface area contributed by atoms with Crippen LogP contribution in [0, 0.1) is 5.92 Å². The zero-order valence-electron chi connectivity index (χ0n) is 9.65. The maximum Gasteiger partial charge on any atom is 0.522 e. The van der Waals surface area contributed by atoms with E-state index in [-0.39, 0.29) is 13.2 Å². The lowest BCUT2D eigenvalue weighted by Gasteiger charge is -2.31. The normalized spacial score (nSPS) is 27.0. The lowest BCUT2D eigenvalue weighted by Crippen LogP contribution is -2.40. The third-order valence-electron chi connectivity index (χ3n) is 3.21. The van der Waals surface area contributed by atoms with Crippen LogP contribution in [-0.2, 0) is 4.74 Å². The summed E-state index contributed by atoms with van der Waals surface area (Å²) in [6.45, 7) is 2.12. The summed E-state index contributed by atoms with van der Waals surface area (Å²) in [5, 5.41) is 3.17. The van der Waals surface area contributed by atoms with Crippen molar-refractivity contribution < 1.29 is 17.9 Å². The van der Waals surface area contributed by atoms with Crippen LogP contribution in [-0.4, -0.2) is 25.6 Å². The molecule has 0 aliphatic heterocycles. The van der Waals surface area contributed by atoms with Gasteiger partial charge in [0.05, 0.1) is 6.61 Å². The van der Waals surface area contributed by atoms with Crippen LogP contribution in [0.2, 0.25) is 0 Å². The van der Waals surface area contributed by atoms with Crippen molar-refractivity contribution in [3.05, 3.63) is 0 Å². The lowest BCUT2D eigenvalue weighted by atomic mass is 9.83. The van der Waals surface area contributed by atoms with Gasteiger partial charge in [-0.3, -0.25) is 4.74 Å². The fourth-order valence-corrected chi connectivity index (χ4v) is 2.38. The molecule has 0 bridgehead atoms. The summed E-state index contributed by atoms with van der Waals surface area (Å²) in [5.74, 6) is 0.611. The Morgan fingerprint density at radius 3 is 2.56 bits per heavy atom. The third-order valence-corrected chi connectivity index (χ3v) is 3.21. The van der Waals surface area contributed by atoms with Gasteiger partial charge < -0.3 is 5.32 Å². The van der Waals surface area contributed by atoms with Crippen molar-refractivity contribution in [3.8, 4) is 0 Å². The number of alkyl halides is 3. The molecule has 1 saturated carbocycles. The summed E-state index contributed by atoms with van der Waals surface area (Å²) >= 11 is 0. The zero-order valence-corrected chi connectivity index (χ0v) is 9.65. The molecule has 5 heteroatoms. The topological polar surface area (TPSA) is 21.3 Å². The standard InChI is InChI=1S/C11H20F3NO/c1-2-9-5-3-4-6-10(9)15-7-8-16-11(12,13)14/h9-10,15H,2-8H2,1H3. The Morgan fingerprint density at radius 1 is 1.25 bits per heavy atom. The largest absolute Gasteiger partial charge is 0.522 e. The Kier molecular flexibility index (Phi) is 5.55. The Bertz CT molecular complexity index is 196. The van der Waals surface area contributed by atoms with E-state index in [2.05, 4.69) is 17.0 Å². The first kappa shape index (κ1) is 13.8. The van der Waals surface area contributed by atoms with Crippen LogP contribution in [0.5, 0.6) is 0 Å². The molecular formula is C11H20F3NO. The maximum absolute atomic E-state index is 11.7. The predicted molar refractivity (Wildman–Crippen MR) is 56.0 cm³/mol. The van der Waals surface area contributed by atoms with Gasteiger partial charge in [0.2, 0.25) is 0 Å². The highest BCUT2D eigenvalue weighted by molar-refractivity contribution is 4.79. The Hall–Kier alpha value is -0.290. The first-order valence-corrected chi connectivity index (χ1v) is 5.97. The SMILES string of the molecule is CCC1CCCCC1NCCOC(F)(F)F. The lowest BCUT2D eigenvalue weighted by molar-refractivity contribution is -0.323. The van der Waals surface area contributed by atoms with Crippen LogP contribution in [0.15, 0.2) is 0 Å². The fourth-order valence-electron chi connectivity index (χ4n) is 2.38. The van der Waals surface area contributed by atoms with Gasteiger partial charge in [-0.05, 0) is 18.8 Å². The molecule has 1 aliphatic carbocycles. The van der Waals surface area contributed by atoms with Gasteiger partial charge in [-0.25, -0.2) is 0 Å². The van der Waals surface area contributed by atoms with Crippen molar-refractivity contribution in [2.24, 2.45) is 5.92 Å². The Morgan fingerprint density at radius 2 is 1.94 bits per heavy atom. The first-order valence-electron chi connectivity index (χ1n) is 5.97. The van der Waals surface area contributed by atoms with Crippen LogP contribution in [0.25, 0.3) is 0 Å². The summed E-state index contributed by atoms with van der Waals surface area (Å²) in [6, 6.07) is 0.371. The second-order valence-electron chi connectivity index (χ2n) is 4.31. The fraction of sp³-hybridized carbons (Fsp3) is 1.00. The van der Waals surface area contributed by atoms with Crippen LogP contribution < -0.4 is 5.32 Å². The van der Waals surface area contributed by atoms with Crippen molar-refractivity contribution in [2.45, 2.75) is 51.4 Å². The molecule has 0 amide bonds. The summed E-state index contributed by atoms with van der Waals surface area (Å²) in [4.78, 5) is 0. The average Bonchev–Trinajstić information content (AvgIpc) is 2.23. The minimum atomic E-state index is -4.50. The molecule has 1 N–H and O–H groups in total. The minimum absolute atomic E-state index is 0.278. The minimum Gasteiger partial charge on any atom is -0.311 e. The van der Waals surface area contributed by atoms with Gasteiger partial charge in [0.1, 0.15) is 0 Å². The van der Waals surface area contributed by atoms with Gasteiger partial charge >= 0.3 is 6.36 Å². The highest BCUT2D eigenvalue weighted by atomic mass is 19.4. The number of halogens is 3. The number of hydrogen-bond donors (Lipinski definition) is 1. The highest BCUT2D eigenvalue weighted by Crippen LogP contribution is 2.26. The quantitative estimate of drug-likeness (QED) is 0.744. The van der Waals surface area contributed by atoms with Crippen molar-refractivity contribution in [1.82, 2.24) is 5.32 Å². The molecule has 2 atom stereocenters. The molecule has 0 radical (unpaired) electrons. The molecule has 0 aromatic carbocycles. The molecular weight excluding hydrogens is 219 g/mol. The molecule has 0 spiro atoms. The van der Waals surface area contributed by atoms with Crippen LogP contribution in [0.1, 0.15) is 39.0 Å². The summed E-state index contributed by atoms with van der Waals surface area (Å²) in [6.07, 6.45) is 1.28. The van der Waals surface area contributed by atoms with Crippen LogP contribution in [0.4, 0.5) is 13.2 Å². The number of nitrogens with one attached hydrogen (secondary N) is 1. The van der Waals surface area contributed by atoms with E-state index in [1.54, 1.807) is 0 Å². The van der Waals surface area contributed by atoms with Crippen molar-refractivity contribution >= 4 is 0 Å². The predicted octanol–water partition coefficient (Wildman–Crippen LogP) is 3.08. The molecule has 1 fully saturated rings. The molecule has 0 saturated heterocycles. The molecule has 96 valence electrons. The third kappa shape index (κ3) is 5.16. The molecule has 1 aliphatic rings. The van der Waals surface area contributed by atoms with Gasteiger partial charge in [0, 0.05) is 12.6 Å². The van der Waals surface area contributed by atoms with E-state index >= 15 is 0 Å². The van der Waals surface area contributed by atoms with E-state index in [4.69, 9.17) is 0 Å². The molecule has 2 unspecified atom stereocenters. The molecule has 0 heterocycles. The summed E-state index contributed by atoms with van der Waals surface area (Å²) in [7, 11) is 0. The average molecular weight is 239 g/mol. The molecule has 0 aromatic rings. The maximum atomic E-state index is 11.7. The summed E-state index contributed by atoms with van der Waals surface area (Å²) < 4.78 is 38.9. The highest BCUT2D eigenvalue weighted by Gasteiger charge is 2.29. The van der Waals surface area contributed by atoms with E-state index in [9.17, 15) is 13.2 Å². The Balaban J connectivity index is 2.15. The van der Waals surface area contributed by atoms with E-state index in [1.165, 1.54) is 19.3 Å². The van der Waals surface area contributed by atoms with E-state index in [0.717, 1.165) is 12.8 Å². The first-order chi connectivity index (χ1) is 7.53. The van der Waals surface area contributed by atoms with E-state index < -0.39 is 6.36 Å². The van der Waals surface area contributed by atoms with E-state index in [0.29, 0.717) is 12.0 Å².